The molecule has 190 valence electrons. The molecule has 1 heterocycles. The first-order chi connectivity index (χ1) is 16.2. The number of carbonyl (C=O) groups excluding carboxylic acids is 1. The number of nitrogens with zero attached hydrogens (tertiary/aromatic N) is 2. The summed E-state index contributed by atoms with van der Waals surface area (Å²) in [7, 11) is 0. The highest BCUT2D eigenvalue weighted by molar-refractivity contribution is 5.79. The van der Waals surface area contributed by atoms with Crippen LogP contribution in [0.3, 0.4) is 0 Å². The summed E-state index contributed by atoms with van der Waals surface area (Å²) in [5.74, 6) is -2.87. The molecule has 0 saturated heterocycles. The van der Waals surface area contributed by atoms with Crippen LogP contribution in [0.25, 0.3) is 11.3 Å². The Morgan fingerprint density at radius 3 is 2.37 bits per heavy atom. The maximum atomic E-state index is 12.8. The van der Waals surface area contributed by atoms with Crippen LogP contribution in [0.4, 0.5) is 26.3 Å². The minimum atomic E-state index is -4.85. The highest BCUT2D eigenvalue weighted by atomic mass is 19.4. The van der Waals surface area contributed by atoms with E-state index in [9.17, 15) is 36.2 Å². The van der Waals surface area contributed by atoms with Crippen molar-refractivity contribution < 1.29 is 45.7 Å². The summed E-state index contributed by atoms with van der Waals surface area (Å²) < 4.78 is 87.2. The molecule has 4 aliphatic carbocycles. The molecule has 2 N–H and O–H groups in total. The van der Waals surface area contributed by atoms with Crippen molar-refractivity contribution in [1.82, 2.24) is 14.9 Å². The molecule has 0 spiro atoms. The largest absolute Gasteiger partial charge is 0.524 e. The Bertz CT molecular complexity index is 1140. The van der Waals surface area contributed by atoms with Gasteiger partial charge in [-0.1, -0.05) is 0 Å². The van der Waals surface area contributed by atoms with E-state index in [2.05, 4.69) is 15.0 Å². The molecule has 7 nitrogen and oxygen atoms in total. The number of hydrogen-bond acceptors (Lipinski definition) is 5. The maximum absolute atomic E-state index is 12.8. The van der Waals surface area contributed by atoms with E-state index < -0.39 is 47.7 Å². The van der Waals surface area contributed by atoms with E-state index in [0.717, 1.165) is 12.1 Å². The van der Waals surface area contributed by atoms with Gasteiger partial charge in [0.25, 0.3) is 0 Å². The zero-order valence-electron chi connectivity index (χ0n) is 18.2. The van der Waals surface area contributed by atoms with Crippen molar-refractivity contribution in [2.45, 2.75) is 67.9 Å². The number of nitrogens with one attached hydrogen (secondary N) is 1. The summed E-state index contributed by atoms with van der Waals surface area (Å²) in [5, 5.41) is 12.9. The van der Waals surface area contributed by atoms with Crippen LogP contribution in [0.15, 0.2) is 30.7 Å². The first-order valence-corrected chi connectivity index (χ1v) is 10.9. The standard InChI is InChI=1S/C22H21F6N3O4/c23-21(24,25)13-2-3-14(16(32)6-13)15-7-31(12-29-15)19-9-18(10-19,11-19)30-17(33)8-34-20(4-1-5-20)35-22(26,27)28/h2-3,6-7,12,32H,1,4-5,8-11H2,(H,30,33). The number of aromatic hydroxyl groups is 1. The number of benzene rings is 1. The van der Waals surface area contributed by atoms with Crippen LogP contribution in [0, 0.1) is 0 Å². The number of hydrogen-bond donors (Lipinski definition) is 2. The molecule has 0 atom stereocenters. The molecule has 1 aromatic heterocycles. The van der Waals surface area contributed by atoms with Crippen molar-refractivity contribution in [1.29, 1.82) is 0 Å². The van der Waals surface area contributed by atoms with Gasteiger partial charge >= 0.3 is 12.5 Å². The number of halogens is 6. The average molecular weight is 505 g/mol. The molecule has 6 rings (SSSR count). The van der Waals surface area contributed by atoms with Crippen LogP contribution in [0.5, 0.6) is 5.75 Å². The number of carbonyl (C=O) groups is 1. The Balaban J connectivity index is 1.16. The monoisotopic (exact) mass is 505 g/mol. The predicted molar refractivity (Wildman–Crippen MR) is 107 cm³/mol. The summed E-state index contributed by atoms with van der Waals surface area (Å²) >= 11 is 0. The van der Waals surface area contributed by atoms with E-state index in [0.29, 0.717) is 37.4 Å². The van der Waals surface area contributed by atoms with Gasteiger partial charge in [0, 0.05) is 30.1 Å². The minimum absolute atomic E-state index is 0.0610. The zero-order chi connectivity index (χ0) is 25.3. The minimum Gasteiger partial charge on any atom is -0.507 e. The Hall–Kier alpha value is -2.80. The van der Waals surface area contributed by atoms with Crippen LogP contribution < -0.4 is 5.32 Å². The number of rotatable bonds is 7. The third-order valence-corrected chi connectivity index (χ3v) is 7.02. The first-order valence-electron chi connectivity index (χ1n) is 10.9. The van der Waals surface area contributed by atoms with Crippen molar-refractivity contribution in [3.05, 3.63) is 36.3 Å². The van der Waals surface area contributed by atoms with Gasteiger partial charge in [-0.15, -0.1) is 13.2 Å². The fraction of sp³-hybridized carbons (Fsp3) is 0.545. The van der Waals surface area contributed by atoms with Crippen molar-refractivity contribution in [2.24, 2.45) is 0 Å². The van der Waals surface area contributed by atoms with Gasteiger partial charge in [-0.2, -0.15) is 13.2 Å². The zero-order valence-corrected chi connectivity index (χ0v) is 18.2. The molecule has 0 aliphatic heterocycles. The second-order valence-corrected chi connectivity index (χ2v) is 9.58. The van der Waals surface area contributed by atoms with Crippen LogP contribution in [-0.4, -0.2) is 44.9 Å². The topological polar surface area (TPSA) is 85.6 Å². The van der Waals surface area contributed by atoms with Gasteiger partial charge in [0.05, 0.1) is 23.1 Å². The summed E-state index contributed by atoms with van der Waals surface area (Å²) in [4.78, 5) is 16.5. The molecule has 4 saturated carbocycles. The Labute approximate surface area is 195 Å². The van der Waals surface area contributed by atoms with Crippen LogP contribution in [0.2, 0.25) is 0 Å². The molecule has 4 fully saturated rings. The molecule has 1 amide bonds. The molecule has 35 heavy (non-hydrogen) atoms. The van der Waals surface area contributed by atoms with Gasteiger partial charge in [-0.3, -0.25) is 9.53 Å². The van der Waals surface area contributed by atoms with Crippen molar-refractivity contribution >= 4 is 5.91 Å². The lowest BCUT2D eigenvalue weighted by Crippen LogP contribution is -2.78. The lowest BCUT2D eigenvalue weighted by atomic mass is 9.44. The summed E-state index contributed by atoms with van der Waals surface area (Å²) in [5.41, 5.74) is -1.31. The van der Waals surface area contributed by atoms with Gasteiger partial charge in [0.15, 0.2) is 5.79 Å². The fourth-order valence-corrected chi connectivity index (χ4v) is 5.27. The normalized spacial score (nSPS) is 26.9. The molecule has 0 unspecified atom stereocenters. The molecule has 2 bridgehead atoms. The number of ether oxygens (including phenoxy) is 2. The van der Waals surface area contributed by atoms with E-state index in [1.54, 1.807) is 6.20 Å². The molecule has 0 radical (unpaired) electrons. The molecule has 13 heteroatoms. The van der Waals surface area contributed by atoms with E-state index in [1.807, 2.05) is 4.57 Å². The Morgan fingerprint density at radius 2 is 1.83 bits per heavy atom. The third-order valence-electron chi connectivity index (χ3n) is 7.02. The fourth-order valence-electron chi connectivity index (χ4n) is 5.27. The third kappa shape index (κ3) is 4.35. The number of aromatic nitrogens is 2. The van der Waals surface area contributed by atoms with Crippen molar-refractivity contribution in [3.8, 4) is 17.0 Å². The van der Waals surface area contributed by atoms with Crippen LogP contribution >= 0.6 is 0 Å². The van der Waals surface area contributed by atoms with Crippen LogP contribution in [0.1, 0.15) is 44.1 Å². The summed E-state index contributed by atoms with van der Waals surface area (Å²) in [6.07, 6.45) is -3.95. The lowest BCUT2D eigenvalue weighted by molar-refractivity contribution is -0.432. The van der Waals surface area contributed by atoms with Gasteiger partial charge in [0.1, 0.15) is 12.4 Å². The highest BCUT2D eigenvalue weighted by Gasteiger charge is 2.69. The predicted octanol–water partition coefficient (Wildman–Crippen LogP) is 4.46. The molecule has 2 aromatic rings. The molecule has 1 aromatic carbocycles. The van der Waals surface area contributed by atoms with Gasteiger partial charge in [-0.25, -0.2) is 4.98 Å². The highest BCUT2D eigenvalue weighted by Crippen LogP contribution is 2.65. The molecule has 4 aliphatic rings. The molecular weight excluding hydrogens is 484 g/mol. The Morgan fingerprint density at radius 1 is 1.14 bits per heavy atom. The summed E-state index contributed by atoms with van der Waals surface area (Å²) in [6, 6.07) is 2.68. The first kappa shape index (κ1) is 23.9. The van der Waals surface area contributed by atoms with Crippen LogP contribution in [-0.2, 0) is 26.0 Å². The number of phenolic OH excluding ortho intramolecular Hbond substituents is 1. The quantitative estimate of drug-likeness (QED) is 0.429. The van der Waals surface area contributed by atoms with E-state index >= 15 is 0 Å². The van der Waals surface area contributed by atoms with Crippen molar-refractivity contribution in [3.63, 3.8) is 0 Å². The second kappa shape index (κ2) is 7.60. The molecular formula is C22H21F6N3O4. The van der Waals surface area contributed by atoms with E-state index in [1.165, 1.54) is 6.33 Å². The van der Waals surface area contributed by atoms with Gasteiger partial charge in [-0.05, 0) is 43.9 Å². The smallest absolute Gasteiger partial charge is 0.507 e. The number of amides is 1. The van der Waals surface area contributed by atoms with Gasteiger partial charge < -0.3 is 19.7 Å². The number of phenols is 1. The number of imidazole rings is 1. The van der Waals surface area contributed by atoms with E-state index in [4.69, 9.17) is 4.74 Å². The van der Waals surface area contributed by atoms with E-state index in [-0.39, 0.29) is 23.9 Å². The average Bonchev–Trinajstić information content (AvgIpc) is 3.13. The number of alkyl halides is 6. The second-order valence-electron chi connectivity index (χ2n) is 9.58. The van der Waals surface area contributed by atoms with Gasteiger partial charge in [0.2, 0.25) is 5.91 Å². The van der Waals surface area contributed by atoms with Crippen molar-refractivity contribution in [2.75, 3.05) is 6.61 Å². The maximum Gasteiger partial charge on any atom is 0.524 e. The summed E-state index contributed by atoms with van der Waals surface area (Å²) in [6.45, 7) is -0.548. The lowest BCUT2D eigenvalue weighted by Gasteiger charge is -2.70. The SMILES string of the molecule is O=C(COC1(OC(F)(F)F)CCC1)NC12CC(n3cnc(-c4ccc(C(F)(F)F)cc4O)c3)(C1)C2. The Kier molecular flexibility index (Phi) is 5.19.